The van der Waals surface area contributed by atoms with Gasteiger partial charge < -0.3 is 10.4 Å². The van der Waals surface area contributed by atoms with Crippen LogP contribution in [0.15, 0.2) is 10.8 Å². The van der Waals surface area contributed by atoms with E-state index >= 15 is 0 Å². The summed E-state index contributed by atoms with van der Waals surface area (Å²) >= 11 is 1.48. The van der Waals surface area contributed by atoms with Gasteiger partial charge in [-0.3, -0.25) is 9.59 Å². The van der Waals surface area contributed by atoms with Gasteiger partial charge in [0.25, 0.3) is 5.91 Å². The van der Waals surface area contributed by atoms with Crippen molar-refractivity contribution in [1.82, 2.24) is 5.32 Å². The van der Waals surface area contributed by atoms with Crippen LogP contribution in [0.4, 0.5) is 0 Å². The molecular weight excluding hydrogens is 214 g/mol. The molecule has 0 fully saturated rings. The average molecular weight is 227 g/mol. The quantitative estimate of drug-likeness (QED) is 0.752. The number of rotatable bonds is 5. The van der Waals surface area contributed by atoms with E-state index in [4.69, 9.17) is 5.11 Å². The molecule has 15 heavy (non-hydrogen) atoms. The standard InChI is InChI=1S/C10H13NO3S/c1-7-5-15-6-8(7)10(14)11-4-2-3-9(12)13/h5-6H,2-4H2,1H3,(H,11,14)(H,12,13). The number of nitrogens with one attached hydrogen (secondary N) is 1. The number of carbonyl (C=O) groups excluding carboxylic acids is 1. The Balaban J connectivity index is 2.31. The van der Waals surface area contributed by atoms with Gasteiger partial charge in [-0.2, -0.15) is 11.3 Å². The third-order valence-electron chi connectivity index (χ3n) is 1.95. The number of carboxylic acid groups (broad SMARTS) is 1. The molecule has 0 saturated heterocycles. The molecule has 1 amide bonds. The molecule has 4 nitrogen and oxygen atoms in total. The molecule has 0 aliphatic carbocycles. The third kappa shape index (κ3) is 3.71. The van der Waals surface area contributed by atoms with Gasteiger partial charge in [0.05, 0.1) is 5.56 Å². The van der Waals surface area contributed by atoms with Crippen molar-refractivity contribution in [1.29, 1.82) is 0 Å². The van der Waals surface area contributed by atoms with E-state index in [2.05, 4.69) is 5.32 Å². The van der Waals surface area contributed by atoms with Crippen LogP contribution in [0.2, 0.25) is 0 Å². The van der Waals surface area contributed by atoms with Gasteiger partial charge in [0.1, 0.15) is 0 Å². The summed E-state index contributed by atoms with van der Waals surface area (Å²) in [4.78, 5) is 21.7. The first kappa shape index (κ1) is 11.7. The van der Waals surface area contributed by atoms with E-state index in [1.165, 1.54) is 11.3 Å². The highest BCUT2D eigenvalue weighted by Crippen LogP contribution is 2.12. The highest BCUT2D eigenvalue weighted by Gasteiger charge is 2.08. The Bertz CT molecular complexity index is 359. The van der Waals surface area contributed by atoms with Crippen LogP contribution in [0.25, 0.3) is 0 Å². The summed E-state index contributed by atoms with van der Waals surface area (Å²) in [6.45, 7) is 2.28. The monoisotopic (exact) mass is 227 g/mol. The number of aliphatic carboxylic acids is 1. The van der Waals surface area contributed by atoms with Crippen LogP contribution in [-0.2, 0) is 4.79 Å². The summed E-state index contributed by atoms with van der Waals surface area (Å²) in [5.74, 6) is -0.963. The van der Waals surface area contributed by atoms with Crippen molar-refractivity contribution >= 4 is 23.2 Å². The molecule has 0 bridgehead atoms. The maximum absolute atomic E-state index is 11.5. The van der Waals surface area contributed by atoms with Gasteiger partial charge in [0, 0.05) is 18.3 Å². The Morgan fingerprint density at radius 1 is 1.47 bits per heavy atom. The summed E-state index contributed by atoms with van der Waals surface area (Å²) < 4.78 is 0. The molecule has 1 aromatic rings. The predicted octanol–water partition coefficient (Wildman–Crippen LogP) is 1.65. The molecule has 0 aromatic carbocycles. The Hall–Kier alpha value is -1.36. The average Bonchev–Trinajstić information content (AvgIpc) is 2.58. The molecule has 5 heteroatoms. The Labute approximate surface area is 91.9 Å². The van der Waals surface area contributed by atoms with Crippen molar-refractivity contribution in [3.05, 3.63) is 21.9 Å². The molecule has 0 spiro atoms. The minimum atomic E-state index is -0.837. The molecule has 82 valence electrons. The summed E-state index contributed by atoms with van der Waals surface area (Å²) in [6, 6.07) is 0. The summed E-state index contributed by atoms with van der Waals surface area (Å²) in [5.41, 5.74) is 1.63. The van der Waals surface area contributed by atoms with E-state index in [9.17, 15) is 9.59 Å². The number of carboxylic acids is 1. The second kappa shape index (κ2) is 5.50. The fourth-order valence-electron chi connectivity index (χ4n) is 1.13. The number of aryl methyl sites for hydroxylation is 1. The predicted molar refractivity (Wildman–Crippen MR) is 58.3 cm³/mol. The second-order valence-electron chi connectivity index (χ2n) is 3.22. The minimum absolute atomic E-state index is 0.0862. The van der Waals surface area contributed by atoms with Crippen LogP contribution < -0.4 is 5.32 Å². The van der Waals surface area contributed by atoms with Crippen LogP contribution in [0, 0.1) is 6.92 Å². The van der Waals surface area contributed by atoms with Crippen molar-refractivity contribution in [2.24, 2.45) is 0 Å². The van der Waals surface area contributed by atoms with E-state index in [1.54, 1.807) is 5.38 Å². The van der Waals surface area contributed by atoms with E-state index < -0.39 is 5.97 Å². The Morgan fingerprint density at radius 2 is 2.20 bits per heavy atom. The van der Waals surface area contributed by atoms with Crippen molar-refractivity contribution in [3.8, 4) is 0 Å². The smallest absolute Gasteiger partial charge is 0.303 e. The number of hydrogen-bond donors (Lipinski definition) is 2. The van der Waals surface area contributed by atoms with Gasteiger partial charge in [-0.05, 0) is 24.3 Å². The van der Waals surface area contributed by atoms with E-state index in [1.807, 2.05) is 12.3 Å². The molecule has 1 rings (SSSR count). The minimum Gasteiger partial charge on any atom is -0.481 e. The normalized spacial score (nSPS) is 9.93. The summed E-state index contributed by atoms with van der Waals surface area (Å²) in [7, 11) is 0. The van der Waals surface area contributed by atoms with Gasteiger partial charge in [-0.25, -0.2) is 0 Å². The lowest BCUT2D eigenvalue weighted by atomic mass is 10.2. The Kier molecular flexibility index (Phi) is 4.30. The molecular formula is C10H13NO3S. The zero-order chi connectivity index (χ0) is 11.3. The maximum Gasteiger partial charge on any atom is 0.303 e. The van der Waals surface area contributed by atoms with E-state index in [0.717, 1.165) is 5.56 Å². The zero-order valence-corrected chi connectivity index (χ0v) is 9.26. The third-order valence-corrected chi connectivity index (χ3v) is 2.81. The van der Waals surface area contributed by atoms with Gasteiger partial charge in [-0.1, -0.05) is 0 Å². The lowest BCUT2D eigenvalue weighted by molar-refractivity contribution is -0.137. The highest BCUT2D eigenvalue weighted by atomic mass is 32.1. The summed E-state index contributed by atoms with van der Waals surface area (Å²) in [6.07, 6.45) is 0.549. The molecule has 1 heterocycles. The van der Waals surface area contributed by atoms with Crippen LogP contribution >= 0.6 is 11.3 Å². The van der Waals surface area contributed by atoms with Crippen molar-refractivity contribution < 1.29 is 14.7 Å². The number of thiophene rings is 1. The zero-order valence-electron chi connectivity index (χ0n) is 8.45. The topological polar surface area (TPSA) is 66.4 Å². The van der Waals surface area contributed by atoms with Crippen molar-refractivity contribution in [2.45, 2.75) is 19.8 Å². The van der Waals surface area contributed by atoms with Crippen LogP contribution in [0.1, 0.15) is 28.8 Å². The van der Waals surface area contributed by atoms with Gasteiger partial charge in [0.2, 0.25) is 0 Å². The molecule has 0 aliphatic rings. The van der Waals surface area contributed by atoms with Crippen LogP contribution in [0.3, 0.4) is 0 Å². The first-order valence-electron chi connectivity index (χ1n) is 4.64. The maximum atomic E-state index is 11.5. The number of hydrogen-bond acceptors (Lipinski definition) is 3. The SMILES string of the molecule is Cc1cscc1C(=O)NCCCC(=O)O. The molecule has 0 atom stereocenters. The fourth-order valence-corrected chi connectivity index (χ4v) is 1.96. The van der Waals surface area contributed by atoms with E-state index in [0.29, 0.717) is 18.5 Å². The molecule has 0 unspecified atom stereocenters. The number of carbonyl (C=O) groups is 2. The lowest BCUT2D eigenvalue weighted by Gasteiger charge is -2.03. The number of amides is 1. The lowest BCUT2D eigenvalue weighted by Crippen LogP contribution is -2.24. The van der Waals surface area contributed by atoms with Gasteiger partial charge in [0.15, 0.2) is 0 Å². The van der Waals surface area contributed by atoms with E-state index in [-0.39, 0.29) is 12.3 Å². The molecule has 0 radical (unpaired) electrons. The van der Waals surface area contributed by atoms with Crippen molar-refractivity contribution in [2.75, 3.05) is 6.54 Å². The summed E-state index contributed by atoms with van der Waals surface area (Å²) in [5, 5.41) is 14.8. The van der Waals surface area contributed by atoms with Gasteiger partial charge in [-0.15, -0.1) is 0 Å². The molecule has 0 aliphatic heterocycles. The van der Waals surface area contributed by atoms with Crippen LogP contribution in [0.5, 0.6) is 0 Å². The largest absolute Gasteiger partial charge is 0.481 e. The first-order valence-corrected chi connectivity index (χ1v) is 5.58. The molecule has 2 N–H and O–H groups in total. The first-order chi connectivity index (χ1) is 7.11. The molecule has 1 aromatic heterocycles. The second-order valence-corrected chi connectivity index (χ2v) is 3.97. The molecule has 0 saturated carbocycles. The highest BCUT2D eigenvalue weighted by molar-refractivity contribution is 7.08. The van der Waals surface area contributed by atoms with Crippen LogP contribution in [-0.4, -0.2) is 23.5 Å². The van der Waals surface area contributed by atoms with Crippen molar-refractivity contribution in [3.63, 3.8) is 0 Å². The Morgan fingerprint density at radius 3 is 2.73 bits per heavy atom. The van der Waals surface area contributed by atoms with Gasteiger partial charge >= 0.3 is 5.97 Å². The fraction of sp³-hybridized carbons (Fsp3) is 0.400.